The number of fused-ring (bicyclic) bond motifs is 2. The minimum atomic E-state index is -0.483. The molecule has 2 aromatic carbocycles. The van der Waals surface area contributed by atoms with Gasteiger partial charge in [-0.05, 0) is 54.4 Å². The molecule has 4 aromatic rings. The number of hydrogen-bond acceptors (Lipinski definition) is 4. The van der Waals surface area contributed by atoms with Gasteiger partial charge in [-0.1, -0.05) is 69.7 Å². The van der Waals surface area contributed by atoms with Gasteiger partial charge in [0.2, 0.25) is 0 Å². The van der Waals surface area contributed by atoms with E-state index in [-0.39, 0.29) is 5.91 Å². The predicted molar refractivity (Wildman–Crippen MR) is 148 cm³/mol. The molecular formula is C30H31N3O2S. The molecule has 0 radical (unpaired) electrons. The number of pyridine rings is 1. The Labute approximate surface area is 215 Å². The maximum Gasteiger partial charge on any atom is 0.257 e. The van der Waals surface area contributed by atoms with Crippen molar-refractivity contribution in [1.29, 1.82) is 0 Å². The van der Waals surface area contributed by atoms with Crippen LogP contribution < -0.4 is 11.1 Å². The predicted octanol–water partition coefficient (Wildman–Crippen LogP) is 6.95. The van der Waals surface area contributed by atoms with Gasteiger partial charge in [0.15, 0.2) is 0 Å². The Bertz CT molecular complexity index is 1450. The molecule has 1 aliphatic carbocycles. The summed E-state index contributed by atoms with van der Waals surface area (Å²) < 4.78 is 0. The Balaban J connectivity index is 1.54. The fraction of sp³-hybridized carbons (Fsp3) is 0.300. The molecule has 5 nitrogen and oxygen atoms in total. The number of nitrogens with one attached hydrogen (secondary N) is 1. The van der Waals surface area contributed by atoms with E-state index in [4.69, 9.17) is 10.7 Å². The van der Waals surface area contributed by atoms with Gasteiger partial charge in [0.1, 0.15) is 5.00 Å². The summed E-state index contributed by atoms with van der Waals surface area (Å²) in [6.07, 6.45) is 3.91. The van der Waals surface area contributed by atoms with Gasteiger partial charge in [0.05, 0.1) is 22.3 Å². The molecule has 1 unspecified atom stereocenters. The molecule has 184 valence electrons. The number of primary amides is 1. The summed E-state index contributed by atoms with van der Waals surface area (Å²) in [4.78, 5) is 32.1. The summed E-state index contributed by atoms with van der Waals surface area (Å²) in [5.41, 5.74) is 11.5. The SMILES string of the molecule is CCC1CCc2c(sc(NC(=O)c3cc(-c4ccc(C(C)C)cc4)nc4ccccc34)c2C(N)=O)C1. The van der Waals surface area contributed by atoms with Crippen LogP contribution in [0.15, 0.2) is 54.6 Å². The van der Waals surface area contributed by atoms with Crippen LogP contribution in [-0.4, -0.2) is 16.8 Å². The molecule has 2 amide bonds. The van der Waals surface area contributed by atoms with E-state index >= 15 is 0 Å². The highest BCUT2D eigenvalue weighted by molar-refractivity contribution is 7.17. The summed E-state index contributed by atoms with van der Waals surface area (Å²) in [5.74, 6) is 0.299. The Morgan fingerprint density at radius 1 is 1.14 bits per heavy atom. The second-order valence-corrected chi connectivity index (χ2v) is 11.0. The molecule has 36 heavy (non-hydrogen) atoms. The Hall–Kier alpha value is -3.51. The normalized spacial score (nSPS) is 15.2. The van der Waals surface area contributed by atoms with Crippen molar-refractivity contribution < 1.29 is 9.59 Å². The van der Waals surface area contributed by atoms with Crippen molar-refractivity contribution in [3.05, 3.63) is 81.7 Å². The standard InChI is InChI=1S/C30H31N3O2S/c1-4-18-9-14-22-26(15-18)36-30(27(22)28(31)34)33-29(35)23-16-25(32-24-8-6-5-7-21(23)24)20-12-10-19(11-13-20)17(2)3/h5-8,10-13,16-18H,4,9,14-15H2,1-3H3,(H2,31,34)(H,33,35). The molecule has 2 aromatic heterocycles. The smallest absolute Gasteiger partial charge is 0.257 e. The molecule has 0 aliphatic heterocycles. The van der Waals surface area contributed by atoms with Crippen molar-refractivity contribution >= 4 is 39.1 Å². The van der Waals surface area contributed by atoms with E-state index in [9.17, 15) is 9.59 Å². The lowest BCUT2D eigenvalue weighted by atomic mass is 9.85. The third-order valence-electron chi connectivity index (χ3n) is 7.25. The molecule has 1 atom stereocenters. The van der Waals surface area contributed by atoms with Gasteiger partial charge in [0.25, 0.3) is 11.8 Å². The summed E-state index contributed by atoms with van der Waals surface area (Å²) in [7, 11) is 0. The number of thiophene rings is 1. The van der Waals surface area contributed by atoms with Crippen LogP contribution in [0.3, 0.4) is 0 Å². The fourth-order valence-electron chi connectivity index (χ4n) is 5.07. The van der Waals surface area contributed by atoms with E-state index in [0.717, 1.165) is 53.4 Å². The first-order valence-corrected chi connectivity index (χ1v) is 13.4. The van der Waals surface area contributed by atoms with Crippen LogP contribution in [0, 0.1) is 5.92 Å². The van der Waals surface area contributed by atoms with Crippen LogP contribution in [0.4, 0.5) is 5.00 Å². The number of para-hydroxylation sites is 1. The van der Waals surface area contributed by atoms with Gasteiger partial charge in [0, 0.05) is 15.8 Å². The van der Waals surface area contributed by atoms with Gasteiger partial charge in [-0.2, -0.15) is 0 Å². The third kappa shape index (κ3) is 4.53. The van der Waals surface area contributed by atoms with Gasteiger partial charge in [-0.25, -0.2) is 4.98 Å². The zero-order valence-corrected chi connectivity index (χ0v) is 21.7. The van der Waals surface area contributed by atoms with Crippen molar-refractivity contribution in [2.75, 3.05) is 5.32 Å². The number of hydrogen-bond donors (Lipinski definition) is 2. The van der Waals surface area contributed by atoms with Crippen LogP contribution in [0.25, 0.3) is 22.2 Å². The topological polar surface area (TPSA) is 85.1 Å². The summed E-state index contributed by atoms with van der Waals surface area (Å²) in [6, 6.07) is 17.8. The molecule has 0 fully saturated rings. The zero-order chi connectivity index (χ0) is 25.4. The van der Waals surface area contributed by atoms with Crippen LogP contribution in [0.1, 0.15) is 76.3 Å². The highest BCUT2D eigenvalue weighted by Crippen LogP contribution is 2.40. The van der Waals surface area contributed by atoms with Gasteiger partial charge >= 0.3 is 0 Å². The molecule has 6 heteroatoms. The quantitative estimate of drug-likeness (QED) is 0.302. The lowest BCUT2D eigenvalue weighted by molar-refractivity contribution is 0.1000. The number of amides is 2. The summed E-state index contributed by atoms with van der Waals surface area (Å²) >= 11 is 1.49. The molecule has 5 rings (SSSR count). The Morgan fingerprint density at radius 2 is 1.89 bits per heavy atom. The first-order valence-electron chi connectivity index (χ1n) is 12.6. The molecule has 0 saturated heterocycles. The average molecular weight is 498 g/mol. The third-order valence-corrected chi connectivity index (χ3v) is 8.42. The second kappa shape index (κ2) is 9.86. The number of rotatable bonds is 6. The molecule has 0 spiro atoms. The van der Waals surface area contributed by atoms with Crippen LogP contribution in [0.5, 0.6) is 0 Å². The van der Waals surface area contributed by atoms with E-state index < -0.39 is 5.91 Å². The summed E-state index contributed by atoms with van der Waals surface area (Å²) in [6.45, 7) is 6.53. The zero-order valence-electron chi connectivity index (χ0n) is 20.9. The van der Waals surface area contributed by atoms with Crippen molar-refractivity contribution in [2.24, 2.45) is 11.7 Å². The van der Waals surface area contributed by atoms with Gasteiger partial charge in [-0.15, -0.1) is 11.3 Å². The van der Waals surface area contributed by atoms with Gasteiger partial charge in [-0.3, -0.25) is 9.59 Å². The lowest BCUT2D eigenvalue weighted by Crippen LogP contribution is -2.20. The molecule has 1 aliphatic rings. The maximum absolute atomic E-state index is 13.7. The molecular weight excluding hydrogens is 466 g/mol. The van der Waals surface area contributed by atoms with E-state index in [1.165, 1.54) is 21.8 Å². The number of anilines is 1. The van der Waals surface area contributed by atoms with Crippen molar-refractivity contribution in [3.8, 4) is 11.3 Å². The minimum Gasteiger partial charge on any atom is -0.365 e. The average Bonchev–Trinajstić information content (AvgIpc) is 3.25. The highest BCUT2D eigenvalue weighted by atomic mass is 32.1. The number of nitrogens with zero attached hydrogens (tertiary/aromatic N) is 1. The first-order chi connectivity index (χ1) is 17.4. The second-order valence-electron chi connectivity index (χ2n) is 9.89. The van der Waals surface area contributed by atoms with Crippen molar-refractivity contribution in [3.63, 3.8) is 0 Å². The first kappa shape index (κ1) is 24.2. The molecule has 3 N–H and O–H groups in total. The monoisotopic (exact) mass is 497 g/mol. The molecule has 2 heterocycles. The van der Waals surface area contributed by atoms with Crippen LogP contribution in [-0.2, 0) is 12.8 Å². The summed E-state index contributed by atoms with van der Waals surface area (Å²) in [5, 5.41) is 4.37. The Kier molecular flexibility index (Phi) is 6.63. The van der Waals surface area contributed by atoms with E-state index in [1.807, 2.05) is 30.3 Å². The van der Waals surface area contributed by atoms with E-state index in [2.05, 4.69) is 50.4 Å². The van der Waals surface area contributed by atoms with E-state index in [0.29, 0.717) is 28.0 Å². The fourth-order valence-corrected chi connectivity index (χ4v) is 6.43. The van der Waals surface area contributed by atoms with E-state index in [1.54, 1.807) is 0 Å². The van der Waals surface area contributed by atoms with Crippen LogP contribution in [0.2, 0.25) is 0 Å². The number of benzene rings is 2. The van der Waals surface area contributed by atoms with Gasteiger partial charge < -0.3 is 11.1 Å². The number of aromatic nitrogens is 1. The maximum atomic E-state index is 13.7. The van der Waals surface area contributed by atoms with Crippen molar-refractivity contribution in [2.45, 2.75) is 52.4 Å². The molecule has 0 saturated carbocycles. The largest absolute Gasteiger partial charge is 0.365 e. The van der Waals surface area contributed by atoms with Crippen molar-refractivity contribution in [1.82, 2.24) is 4.98 Å². The number of nitrogens with two attached hydrogens (primary N) is 1. The lowest BCUT2D eigenvalue weighted by Gasteiger charge is -2.20. The van der Waals surface area contributed by atoms with Crippen LogP contribution >= 0.6 is 11.3 Å². The minimum absolute atomic E-state index is 0.262. The number of carbonyl (C=O) groups is 2. The highest BCUT2D eigenvalue weighted by Gasteiger charge is 2.28. The Morgan fingerprint density at radius 3 is 2.58 bits per heavy atom. The molecule has 0 bridgehead atoms. The number of carbonyl (C=O) groups excluding carboxylic acids is 2.